The summed E-state index contributed by atoms with van der Waals surface area (Å²) in [5.74, 6) is -1.05. The van der Waals surface area contributed by atoms with Crippen molar-refractivity contribution in [1.82, 2.24) is 4.98 Å². The van der Waals surface area contributed by atoms with Crippen molar-refractivity contribution in [3.63, 3.8) is 0 Å². The second-order valence-corrected chi connectivity index (χ2v) is 3.14. The Bertz CT molecular complexity index is 368. The molecule has 0 bridgehead atoms. The third-order valence-corrected chi connectivity index (χ3v) is 2.11. The monoisotopic (exact) mass is 217 g/mol. The van der Waals surface area contributed by atoms with Gasteiger partial charge in [0.2, 0.25) is 0 Å². The molecule has 1 aromatic heterocycles. The van der Waals surface area contributed by atoms with Crippen molar-refractivity contribution < 1.29 is 13.9 Å². The normalized spacial score (nSPS) is 10.0. The summed E-state index contributed by atoms with van der Waals surface area (Å²) in [6.45, 7) is 2.89. The number of aromatic nitrogens is 1. The van der Waals surface area contributed by atoms with Crippen LogP contribution in [0.5, 0.6) is 0 Å². The van der Waals surface area contributed by atoms with E-state index >= 15 is 0 Å². The zero-order valence-corrected chi connectivity index (χ0v) is 8.56. The molecular formula is C9H9ClFNO2. The van der Waals surface area contributed by atoms with Crippen LogP contribution in [0, 0.1) is 12.7 Å². The first kappa shape index (κ1) is 10.9. The summed E-state index contributed by atoms with van der Waals surface area (Å²) in [7, 11) is 0. The molecule has 3 nitrogen and oxygen atoms in total. The topological polar surface area (TPSA) is 39.2 Å². The smallest absolute Gasteiger partial charge is 0.302 e. The minimum atomic E-state index is -0.612. The van der Waals surface area contributed by atoms with Crippen molar-refractivity contribution in [3.8, 4) is 0 Å². The van der Waals surface area contributed by atoms with Crippen LogP contribution in [0.1, 0.15) is 18.2 Å². The average Bonchev–Trinajstić information content (AvgIpc) is 2.11. The van der Waals surface area contributed by atoms with Crippen molar-refractivity contribution >= 4 is 17.6 Å². The Balaban J connectivity index is 2.95. The maximum Gasteiger partial charge on any atom is 0.302 e. The van der Waals surface area contributed by atoms with E-state index in [0.29, 0.717) is 11.3 Å². The van der Waals surface area contributed by atoms with E-state index in [0.717, 1.165) is 6.20 Å². The van der Waals surface area contributed by atoms with Gasteiger partial charge in [-0.3, -0.25) is 9.78 Å². The van der Waals surface area contributed by atoms with E-state index in [9.17, 15) is 9.18 Å². The maximum absolute atomic E-state index is 12.9. The number of pyridine rings is 1. The fourth-order valence-corrected chi connectivity index (χ4v) is 1.17. The first-order valence-corrected chi connectivity index (χ1v) is 4.33. The molecule has 0 saturated heterocycles. The minimum Gasteiger partial charge on any atom is -0.461 e. The Morgan fingerprint density at radius 2 is 2.36 bits per heavy atom. The molecule has 1 aromatic rings. The van der Waals surface area contributed by atoms with Crippen LogP contribution in [0.25, 0.3) is 0 Å². The molecule has 0 aliphatic heterocycles. The number of nitrogens with zero attached hydrogens (tertiary/aromatic N) is 1. The summed E-state index contributed by atoms with van der Waals surface area (Å²) in [5.41, 5.74) is 0.958. The van der Waals surface area contributed by atoms with E-state index in [-0.39, 0.29) is 11.6 Å². The molecule has 0 N–H and O–H groups in total. The lowest BCUT2D eigenvalue weighted by Gasteiger charge is -2.07. The number of rotatable bonds is 2. The van der Waals surface area contributed by atoms with Crippen LogP contribution in [-0.2, 0) is 16.1 Å². The van der Waals surface area contributed by atoms with E-state index < -0.39 is 11.8 Å². The average molecular weight is 218 g/mol. The van der Waals surface area contributed by atoms with Crippen LogP contribution >= 0.6 is 11.6 Å². The predicted molar refractivity (Wildman–Crippen MR) is 49.4 cm³/mol. The Labute approximate surface area is 85.9 Å². The van der Waals surface area contributed by atoms with E-state index in [2.05, 4.69) is 4.98 Å². The molecule has 0 atom stereocenters. The number of carbonyl (C=O) groups excluding carboxylic acids is 1. The van der Waals surface area contributed by atoms with Gasteiger partial charge < -0.3 is 4.74 Å². The van der Waals surface area contributed by atoms with Gasteiger partial charge in [0.25, 0.3) is 0 Å². The van der Waals surface area contributed by atoms with Crippen LogP contribution in [-0.4, -0.2) is 11.0 Å². The van der Waals surface area contributed by atoms with Crippen molar-refractivity contribution in [2.75, 3.05) is 0 Å². The minimum absolute atomic E-state index is 0.0428. The second kappa shape index (κ2) is 4.37. The van der Waals surface area contributed by atoms with E-state index in [1.165, 1.54) is 6.92 Å². The molecule has 0 amide bonds. The maximum atomic E-state index is 12.9. The number of aryl methyl sites for hydroxylation is 1. The number of halogens is 2. The van der Waals surface area contributed by atoms with E-state index in [1.54, 1.807) is 6.92 Å². The molecule has 0 spiro atoms. The zero-order valence-electron chi connectivity index (χ0n) is 7.80. The fourth-order valence-electron chi connectivity index (χ4n) is 0.933. The van der Waals surface area contributed by atoms with Gasteiger partial charge in [0.05, 0.1) is 11.2 Å². The second-order valence-electron chi connectivity index (χ2n) is 2.76. The Kier molecular flexibility index (Phi) is 3.41. The van der Waals surface area contributed by atoms with Crippen LogP contribution in [0.15, 0.2) is 6.20 Å². The molecule has 0 saturated carbocycles. The van der Waals surface area contributed by atoms with Crippen LogP contribution in [0.3, 0.4) is 0 Å². The predicted octanol–water partition coefficient (Wildman–Crippen LogP) is 2.25. The first-order valence-electron chi connectivity index (χ1n) is 3.95. The molecule has 1 heterocycles. The first-order chi connectivity index (χ1) is 6.52. The lowest BCUT2D eigenvalue weighted by molar-refractivity contribution is -0.142. The molecule has 0 aromatic carbocycles. The Morgan fingerprint density at radius 1 is 1.71 bits per heavy atom. The zero-order chi connectivity index (χ0) is 10.7. The molecule has 5 heteroatoms. The van der Waals surface area contributed by atoms with E-state index in [4.69, 9.17) is 16.3 Å². The van der Waals surface area contributed by atoms with Gasteiger partial charge in [-0.25, -0.2) is 4.39 Å². The molecule has 0 radical (unpaired) electrons. The number of esters is 1. The third-order valence-electron chi connectivity index (χ3n) is 1.70. The highest BCUT2D eigenvalue weighted by molar-refractivity contribution is 6.31. The summed E-state index contributed by atoms with van der Waals surface area (Å²) < 4.78 is 17.7. The van der Waals surface area contributed by atoms with Crippen LogP contribution in [0.2, 0.25) is 5.02 Å². The summed E-state index contributed by atoms with van der Waals surface area (Å²) in [6.07, 6.45) is 1.04. The molecule has 76 valence electrons. The quantitative estimate of drug-likeness (QED) is 0.714. The highest BCUT2D eigenvalue weighted by Crippen LogP contribution is 2.22. The SMILES string of the molecule is CC(=O)OCc1c(C)ncc(F)c1Cl. The van der Waals surface area contributed by atoms with Crippen molar-refractivity contribution in [2.45, 2.75) is 20.5 Å². The molecule has 0 fully saturated rings. The lowest BCUT2D eigenvalue weighted by Crippen LogP contribution is -2.03. The molecule has 0 unspecified atom stereocenters. The van der Waals surface area contributed by atoms with Gasteiger partial charge in [-0.05, 0) is 6.92 Å². The molecule has 14 heavy (non-hydrogen) atoms. The summed E-state index contributed by atoms with van der Waals surface area (Å²) in [5, 5.41) is -0.0428. The van der Waals surface area contributed by atoms with Crippen LogP contribution < -0.4 is 0 Å². The van der Waals surface area contributed by atoms with Crippen molar-refractivity contribution in [3.05, 3.63) is 28.3 Å². The van der Waals surface area contributed by atoms with Gasteiger partial charge in [0.15, 0.2) is 5.82 Å². The summed E-state index contributed by atoms with van der Waals surface area (Å²) in [4.78, 5) is 14.3. The molecular weight excluding hydrogens is 209 g/mol. The lowest BCUT2D eigenvalue weighted by atomic mass is 10.2. The Hall–Kier alpha value is -1.16. The number of carbonyl (C=O) groups is 1. The number of hydrogen-bond acceptors (Lipinski definition) is 3. The van der Waals surface area contributed by atoms with Gasteiger partial charge in [-0.2, -0.15) is 0 Å². The standard InChI is InChI=1S/C9H9ClFNO2/c1-5-7(4-14-6(2)13)9(10)8(11)3-12-5/h3H,4H2,1-2H3. The van der Waals surface area contributed by atoms with Gasteiger partial charge in [0.1, 0.15) is 6.61 Å². The number of ether oxygens (including phenoxy) is 1. The van der Waals surface area contributed by atoms with Gasteiger partial charge in [0, 0.05) is 18.2 Å². The molecule has 0 aliphatic rings. The third kappa shape index (κ3) is 2.42. The van der Waals surface area contributed by atoms with Crippen molar-refractivity contribution in [2.24, 2.45) is 0 Å². The highest BCUT2D eigenvalue weighted by Gasteiger charge is 2.11. The van der Waals surface area contributed by atoms with Gasteiger partial charge in [-0.15, -0.1) is 0 Å². The molecule has 1 rings (SSSR count). The largest absolute Gasteiger partial charge is 0.461 e. The summed E-state index contributed by atoms with van der Waals surface area (Å²) >= 11 is 5.68. The number of hydrogen-bond donors (Lipinski definition) is 0. The summed E-state index contributed by atoms with van der Waals surface area (Å²) in [6, 6.07) is 0. The fraction of sp³-hybridized carbons (Fsp3) is 0.333. The van der Waals surface area contributed by atoms with Crippen molar-refractivity contribution in [1.29, 1.82) is 0 Å². The van der Waals surface area contributed by atoms with Gasteiger partial charge >= 0.3 is 5.97 Å². The Morgan fingerprint density at radius 3 is 2.93 bits per heavy atom. The van der Waals surface area contributed by atoms with Crippen LogP contribution in [0.4, 0.5) is 4.39 Å². The highest BCUT2D eigenvalue weighted by atomic mass is 35.5. The van der Waals surface area contributed by atoms with Gasteiger partial charge in [-0.1, -0.05) is 11.6 Å². The van der Waals surface area contributed by atoms with E-state index in [1.807, 2.05) is 0 Å². The molecule has 0 aliphatic carbocycles.